The average Bonchev–Trinajstić information content (AvgIpc) is 1.83. The van der Waals surface area contributed by atoms with E-state index in [9.17, 15) is 0 Å². The zero-order valence-corrected chi connectivity index (χ0v) is 13.8. The molecule has 0 rings (SSSR count). The first-order chi connectivity index (χ1) is 5.95. The summed E-state index contributed by atoms with van der Waals surface area (Å²) in [6, 6.07) is 0.380. The van der Waals surface area contributed by atoms with Crippen molar-refractivity contribution in [3.8, 4) is 0 Å². The van der Waals surface area contributed by atoms with E-state index in [1.165, 1.54) is 12.8 Å². The monoisotopic (exact) mass is 466 g/mol. The first-order valence-electron chi connectivity index (χ1n) is 4.14. The molecule has 0 aromatic rings. The van der Waals surface area contributed by atoms with Crippen LogP contribution in [-0.4, -0.2) is 6.04 Å². The van der Waals surface area contributed by atoms with Gasteiger partial charge in [0.05, 0.1) is 0 Å². The van der Waals surface area contributed by atoms with Gasteiger partial charge in [0.2, 0.25) is 0 Å². The third-order valence-electron chi connectivity index (χ3n) is 1.79. The van der Waals surface area contributed by atoms with Crippen molar-refractivity contribution in [1.29, 1.82) is 0 Å². The summed E-state index contributed by atoms with van der Waals surface area (Å²) in [5, 5.41) is 0. The summed E-state index contributed by atoms with van der Waals surface area (Å²) in [6.07, 6.45) is 2.43. The van der Waals surface area contributed by atoms with Crippen LogP contribution in [0.5, 0.6) is 0 Å². The van der Waals surface area contributed by atoms with Crippen LogP contribution >= 0.6 is 37.7 Å². The Morgan fingerprint density at radius 3 is 1.29 bits per heavy atom. The maximum absolute atomic E-state index is 5.66. The van der Waals surface area contributed by atoms with Crippen molar-refractivity contribution >= 4 is 37.7 Å². The third kappa shape index (κ3) is 23.5. The molecule has 0 radical (unpaired) electrons. The zero-order chi connectivity index (χ0) is 12.0. The van der Waals surface area contributed by atoms with Crippen LogP contribution in [0.25, 0.3) is 0 Å². The predicted octanol–water partition coefficient (Wildman–Crippen LogP) is 3.93. The molecule has 0 heterocycles. The Morgan fingerprint density at radius 2 is 1.29 bits per heavy atom. The van der Waals surface area contributed by atoms with Crippen LogP contribution in [0, 0.1) is 5.92 Å². The third-order valence-corrected chi connectivity index (χ3v) is 1.79. The summed E-state index contributed by atoms with van der Waals surface area (Å²) in [5.41, 5.74) is 5.66. The van der Waals surface area contributed by atoms with E-state index in [1.807, 2.05) is 0 Å². The maximum atomic E-state index is 5.66. The number of halogens is 4. The molecule has 0 aliphatic heterocycles. The molecule has 14 heavy (non-hydrogen) atoms. The van der Waals surface area contributed by atoms with Crippen molar-refractivity contribution in [1.82, 2.24) is 0 Å². The molecular formula is C7H19Cl4N2Pt. The molecule has 1 unspecified atom stereocenters. The molecule has 1 atom stereocenters. The van der Waals surface area contributed by atoms with Gasteiger partial charge >= 0.3 is 52.9 Å². The molecule has 2 nitrogen and oxygen atoms in total. The van der Waals surface area contributed by atoms with E-state index < -0.39 is 10.9 Å². The number of hydrogen-bond donors (Lipinski definition) is 2. The van der Waals surface area contributed by atoms with Crippen LogP contribution in [0.3, 0.4) is 0 Å². The summed E-state index contributed by atoms with van der Waals surface area (Å²) >= 11 is 0. The van der Waals surface area contributed by atoms with Crippen LogP contribution in [0.1, 0.15) is 33.6 Å². The van der Waals surface area contributed by atoms with Crippen LogP contribution in [0.2, 0.25) is 0 Å². The number of nitrogens with two attached hydrogens (primary N) is 2. The van der Waals surface area contributed by atoms with Gasteiger partial charge in [0.15, 0.2) is 0 Å². The molecule has 0 aliphatic rings. The summed E-state index contributed by atoms with van der Waals surface area (Å²) in [6.45, 7) is 6.46. The quantitative estimate of drug-likeness (QED) is 0.660. The molecule has 0 fully saturated rings. The van der Waals surface area contributed by atoms with Gasteiger partial charge in [-0.25, -0.2) is 0 Å². The van der Waals surface area contributed by atoms with Crippen LogP contribution in [0.15, 0.2) is 0 Å². The molecule has 0 bridgehead atoms. The normalized spacial score (nSPS) is 16.6. The van der Waals surface area contributed by atoms with Crippen LogP contribution < -0.4 is 10.0 Å². The summed E-state index contributed by atoms with van der Waals surface area (Å²) < 4.78 is 4.85. The Morgan fingerprint density at radius 1 is 1.07 bits per heavy atom. The Balaban J connectivity index is 0. The fourth-order valence-corrected chi connectivity index (χ4v) is 1.03. The molecule has 0 amide bonds. The van der Waals surface area contributed by atoms with Crippen molar-refractivity contribution in [2.75, 3.05) is 0 Å². The SMILES string of the molecule is CCC(CC)C(C)N.[NH2][Pt]([Cl])([Cl])([Cl])[Cl]. The van der Waals surface area contributed by atoms with E-state index in [1.54, 1.807) is 0 Å². The fourth-order valence-electron chi connectivity index (χ4n) is 1.03. The molecule has 95 valence electrons. The van der Waals surface area contributed by atoms with Gasteiger partial charge in [-0.2, -0.15) is 0 Å². The van der Waals surface area contributed by atoms with E-state index in [4.69, 9.17) is 47.7 Å². The van der Waals surface area contributed by atoms with Gasteiger partial charge in [0.25, 0.3) is 0 Å². The molecule has 0 aliphatic carbocycles. The summed E-state index contributed by atoms with van der Waals surface area (Å²) in [5.74, 6) is 0.731. The number of rotatable bonds is 3. The average molecular weight is 468 g/mol. The van der Waals surface area contributed by atoms with Crippen molar-refractivity contribution in [2.45, 2.75) is 39.7 Å². The summed E-state index contributed by atoms with van der Waals surface area (Å²) in [7, 11) is 16.0. The summed E-state index contributed by atoms with van der Waals surface area (Å²) in [4.78, 5) is 0. The topological polar surface area (TPSA) is 52.0 Å². The van der Waals surface area contributed by atoms with Gasteiger partial charge in [0.1, 0.15) is 0 Å². The van der Waals surface area contributed by atoms with Crippen molar-refractivity contribution < 1.29 is 10.9 Å². The molecule has 0 saturated carbocycles. The first kappa shape index (κ1) is 18.1. The standard InChI is InChI=1S/C7H17N.4ClH.H2N.Pt/c1-4-7(5-2)6(3)8;;;;;;/h6-7H,4-5,8H2,1-3H3;4*1H;1H2;/q;;;;;-1;+5/p-4. The van der Waals surface area contributed by atoms with E-state index in [2.05, 4.69) is 20.8 Å². The van der Waals surface area contributed by atoms with Gasteiger partial charge in [-0.05, 0) is 12.8 Å². The predicted molar refractivity (Wildman–Crippen MR) is 65.3 cm³/mol. The molecule has 7 heteroatoms. The second-order valence-corrected chi connectivity index (χ2v) is 29.2. The molecule has 0 spiro atoms. The van der Waals surface area contributed by atoms with Gasteiger partial charge < -0.3 is 5.73 Å². The van der Waals surface area contributed by atoms with Crippen molar-refractivity contribution in [2.24, 2.45) is 15.9 Å². The Labute approximate surface area is 103 Å². The van der Waals surface area contributed by atoms with E-state index in [-0.39, 0.29) is 0 Å². The first-order valence-corrected chi connectivity index (χ1v) is 16.7. The van der Waals surface area contributed by atoms with Gasteiger partial charge in [-0.3, -0.25) is 0 Å². The second kappa shape index (κ2) is 7.16. The van der Waals surface area contributed by atoms with Crippen molar-refractivity contribution in [3.63, 3.8) is 0 Å². The van der Waals surface area contributed by atoms with E-state index in [0.29, 0.717) is 6.04 Å². The van der Waals surface area contributed by atoms with Gasteiger partial charge in [-0.15, -0.1) is 0 Å². The Bertz CT molecular complexity index is 135. The Hall–Kier alpha value is 1.77. The van der Waals surface area contributed by atoms with Crippen LogP contribution in [-0.2, 0) is 10.9 Å². The zero-order valence-electron chi connectivity index (χ0n) is 8.55. The molecule has 0 aromatic heterocycles. The minimum atomic E-state index is -4.16. The fraction of sp³-hybridized carbons (Fsp3) is 1.00. The molecule has 0 aromatic carbocycles. The molecule has 0 saturated heterocycles. The minimum absolute atomic E-state index is 0.380. The molecule has 4 N–H and O–H groups in total. The Kier molecular flexibility index (Phi) is 9.28. The molecular weight excluding hydrogens is 449 g/mol. The second-order valence-electron chi connectivity index (χ2n) is 2.98. The van der Waals surface area contributed by atoms with E-state index in [0.717, 1.165) is 5.92 Å². The van der Waals surface area contributed by atoms with Gasteiger partial charge in [-0.1, -0.05) is 26.7 Å². The van der Waals surface area contributed by atoms with Crippen LogP contribution in [0.4, 0.5) is 0 Å². The van der Waals surface area contributed by atoms with E-state index >= 15 is 0 Å². The van der Waals surface area contributed by atoms with Gasteiger partial charge in [0, 0.05) is 6.04 Å². The number of hydrogen-bond acceptors (Lipinski definition) is 2. The van der Waals surface area contributed by atoms with Crippen molar-refractivity contribution in [3.05, 3.63) is 0 Å².